The van der Waals surface area contributed by atoms with Crippen LogP contribution in [-0.4, -0.2) is 50.3 Å². The number of nitrogens with zero attached hydrogens (tertiary/aromatic N) is 5. The van der Waals surface area contributed by atoms with E-state index < -0.39 is 0 Å². The van der Waals surface area contributed by atoms with Crippen LogP contribution in [0, 0.1) is 6.92 Å². The molecule has 2 aromatic rings. The molecule has 1 aromatic carbocycles. The Hall–Kier alpha value is -2.41. The number of hydrogen-bond donors (Lipinski definition) is 2. The molecule has 2 aliphatic rings. The highest BCUT2D eigenvalue weighted by Gasteiger charge is 2.26. The van der Waals surface area contributed by atoms with Gasteiger partial charge in [-0.25, -0.2) is 4.99 Å². The van der Waals surface area contributed by atoms with Crippen molar-refractivity contribution in [1.82, 2.24) is 30.3 Å². The molecule has 7 heteroatoms. The van der Waals surface area contributed by atoms with Crippen LogP contribution >= 0.6 is 0 Å². The molecule has 0 spiro atoms. The van der Waals surface area contributed by atoms with Gasteiger partial charge >= 0.3 is 0 Å². The number of aromatic nitrogens is 3. The third kappa shape index (κ3) is 6.09. The summed E-state index contributed by atoms with van der Waals surface area (Å²) in [5.74, 6) is 2.76. The summed E-state index contributed by atoms with van der Waals surface area (Å²) in [5, 5.41) is 16.0. The van der Waals surface area contributed by atoms with Crippen LogP contribution in [0.3, 0.4) is 0 Å². The molecule has 2 fully saturated rings. The van der Waals surface area contributed by atoms with Crippen molar-refractivity contribution >= 4 is 5.96 Å². The van der Waals surface area contributed by atoms with Gasteiger partial charge in [0.2, 0.25) is 0 Å². The predicted molar refractivity (Wildman–Crippen MR) is 129 cm³/mol. The second-order valence-electron chi connectivity index (χ2n) is 9.54. The van der Waals surface area contributed by atoms with Gasteiger partial charge < -0.3 is 15.2 Å². The lowest BCUT2D eigenvalue weighted by Gasteiger charge is -2.39. The lowest BCUT2D eigenvalue weighted by molar-refractivity contribution is 0.134. The van der Waals surface area contributed by atoms with E-state index >= 15 is 0 Å². The fourth-order valence-corrected chi connectivity index (χ4v) is 4.91. The molecular formula is C25H39N7. The average Bonchev–Trinajstić information content (AvgIpc) is 3.13. The first-order chi connectivity index (χ1) is 15.6. The van der Waals surface area contributed by atoms with Gasteiger partial charge in [-0.05, 0) is 45.1 Å². The van der Waals surface area contributed by atoms with Crippen LogP contribution in [0.15, 0.2) is 35.3 Å². The number of rotatable bonds is 6. The minimum Gasteiger partial charge on any atom is -0.354 e. The Labute approximate surface area is 192 Å². The molecule has 4 rings (SSSR count). The smallest absolute Gasteiger partial charge is 0.192 e. The van der Waals surface area contributed by atoms with Crippen molar-refractivity contribution < 1.29 is 0 Å². The van der Waals surface area contributed by atoms with E-state index in [4.69, 9.17) is 4.99 Å². The van der Waals surface area contributed by atoms with Crippen LogP contribution in [0.5, 0.6) is 0 Å². The first kappa shape index (κ1) is 22.8. The summed E-state index contributed by atoms with van der Waals surface area (Å²) < 4.78 is 2.02. The number of hydrogen-bond acceptors (Lipinski definition) is 4. The van der Waals surface area contributed by atoms with Crippen molar-refractivity contribution in [2.75, 3.05) is 6.54 Å². The average molecular weight is 438 g/mol. The molecular weight excluding hydrogens is 398 g/mol. The Morgan fingerprint density at radius 1 is 1.03 bits per heavy atom. The third-order valence-electron chi connectivity index (χ3n) is 7.09. The van der Waals surface area contributed by atoms with Gasteiger partial charge in [0.25, 0.3) is 0 Å². The molecule has 0 bridgehead atoms. The van der Waals surface area contributed by atoms with Gasteiger partial charge in [0.1, 0.15) is 12.4 Å². The second kappa shape index (κ2) is 10.9. The van der Waals surface area contributed by atoms with E-state index in [2.05, 4.69) is 63.0 Å². The highest BCUT2D eigenvalue weighted by Crippen LogP contribution is 2.21. The number of guanidine groups is 1. The first-order valence-corrected chi connectivity index (χ1v) is 12.3. The maximum Gasteiger partial charge on any atom is 0.192 e. The highest BCUT2D eigenvalue weighted by molar-refractivity contribution is 5.80. The van der Waals surface area contributed by atoms with E-state index in [1.165, 1.54) is 37.7 Å². The molecule has 1 saturated heterocycles. The van der Waals surface area contributed by atoms with Crippen LogP contribution in [0.1, 0.15) is 69.1 Å². The van der Waals surface area contributed by atoms with Crippen LogP contribution in [-0.2, 0) is 20.1 Å². The number of likely N-dealkylation sites (tertiary alicyclic amines) is 1. The zero-order valence-electron chi connectivity index (χ0n) is 19.9. The van der Waals surface area contributed by atoms with Gasteiger partial charge in [-0.3, -0.25) is 4.90 Å². The van der Waals surface area contributed by atoms with E-state index in [0.717, 1.165) is 43.5 Å². The van der Waals surface area contributed by atoms with Crippen molar-refractivity contribution in [2.45, 2.75) is 90.0 Å². The topological polar surface area (TPSA) is 70.4 Å². The molecule has 0 radical (unpaired) electrons. The molecule has 174 valence electrons. The van der Waals surface area contributed by atoms with Crippen molar-refractivity contribution in [3.8, 4) is 0 Å². The maximum atomic E-state index is 4.93. The minimum atomic E-state index is 0.438. The molecule has 1 saturated carbocycles. The molecule has 2 unspecified atom stereocenters. The molecule has 1 aliphatic carbocycles. The largest absolute Gasteiger partial charge is 0.354 e. The number of nitrogens with one attached hydrogen (secondary N) is 2. The van der Waals surface area contributed by atoms with Crippen LogP contribution in [0.4, 0.5) is 0 Å². The zero-order chi connectivity index (χ0) is 22.3. The molecule has 1 aromatic heterocycles. The fraction of sp³-hybridized carbons (Fsp3) is 0.640. The first-order valence-electron chi connectivity index (χ1n) is 12.3. The normalized spacial score (nSPS) is 23.3. The van der Waals surface area contributed by atoms with Crippen LogP contribution in [0.25, 0.3) is 0 Å². The Morgan fingerprint density at radius 3 is 2.47 bits per heavy atom. The van der Waals surface area contributed by atoms with Crippen molar-refractivity contribution in [2.24, 2.45) is 12.0 Å². The lowest BCUT2D eigenvalue weighted by Crippen LogP contribution is -2.53. The maximum absolute atomic E-state index is 4.93. The SMILES string of the molecule is Cc1nnc(CN=C(NC2CCCCC2)NC2CCN(Cc3ccccc3)C(C)C2)n1C. The summed E-state index contributed by atoms with van der Waals surface area (Å²) >= 11 is 0. The predicted octanol–water partition coefficient (Wildman–Crippen LogP) is 3.54. The van der Waals surface area contributed by atoms with E-state index in [1.807, 2.05) is 18.5 Å². The Bertz CT molecular complexity index is 870. The van der Waals surface area contributed by atoms with Gasteiger partial charge in [0.05, 0.1) is 0 Å². The van der Waals surface area contributed by atoms with Crippen LogP contribution < -0.4 is 10.6 Å². The summed E-state index contributed by atoms with van der Waals surface area (Å²) in [7, 11) is 2.01. The lowest BCUT2D eigenvalue weighted by atomic mass is 9.95. The van der Waals surface area contributed by atoms with Gasteiger partial charge in [-0.15, -0.1) is 10.2 Å². The fourth-order valence-electron chi connectivity index (χ4n) is 4.91. The molecule has 2 atom stereocenters. The standard InChI is InChI=1S/C25H39N7/c1-19-16-23(14-15-32(19)18-21-10-6-4-7-11-21)28-25(27-22-12-8-5-9-13-22)26-17-24-30-29-20(2)31(24)3/h4,6-7,10-11,19,22-23H,5,8-9,12-18H2,1-3H3,(H2,26,27,28). The molecule has 7 nitrogen and oxygen atoms in total. The molecule has 0 amide bonds. The molecule has 32 heavy (non-hydrogen) atoms. The summed E-state index contributed by atoms with van der Waals surface area (Å²) in [5.41, 5.74) is 1.39. The van der Waals surface area contributed by atoms with E-state index in [1.54, 1.807) is 0 Å². The Kier molecular flexibility index (Phi) is 7.79. The molecule has 1 aliphatic heterocycles. The minimum absolute atomic E-state index is 0.438. The Morgan fingerprint density at radius 2 is 1.78 bits per heavy atom. The van der Waals surface area contributed by atoms with Crippen LogP contribution in [0.2, 0.25) is 0 Å². The number of aryl methyl sites for hydroxylation is 1. The van der Waals surface area contributed by atoms with Gasteiger partial charge in [0, 0.05) is 38.3 Å². The number of aliphatic imine (C=N–C) groups is 1. The molecule has 2 N–H and O–H groups in total. The van der Waals surface area contributed by atoms with Crippen molar-refractivity contribution in [3.63, 3.8) is 0 Å². The van der Waals surface area contributed by atoms with E-state index in [9.17, 15) is 0 Å². The summed E-state index contributed by atoms with van der Waals surface area (Å²) in [6.07, 6.45) is 8.69. The third-order valence-corrected chi connectivity index (χ3v) is 7.09. The summed E-state index contributed by atoms with van der Waals surface area (Å²) in [6.45, 7) is 7.00. The van der Waals surface area contributed by atoms with E-state index in [0.29, 0.717) is 24.7 Å². The quantitative estimate of drug-likeness (QED) is 0.534. The van der Waals surface area contributed by atoms with Gasteiger partial charge in [0.15, 0.2) is 11.8 Å². The van der Waals surface area contributed by atoms with Crippen molar-refractivity contribution in [1.29, 1.82) is 0 Å². The highest BCUT2D eigenvalue weighted by atomic mass is 15.3. The zero-order valence-corrected chi connectivity index (χ0v) is 19.9. The van der Waals surface area contributed by atoms with Crippen molar-refractivity contribution in [3.05, 3.63) is 47.5 Å². The molecule has 2 heterocycles. The van der Waals surface area contributed by atoms with Gasteiger partial charge in [-0.1, -0.05) is 49.6 Å². The summed E-state index contributed by atoms with van der Waals surface area (Å²) in [4.78, 5) is 7.52. The van der Waals surface area contributed by atoms with Gasteiger partial charge in [-0.2, -0.15) is 0 Å². The summed E-state index contributed by atoms with van der Waals surface area (Å²) in [6, 6.07) is 12.3. The van der Waals surface area contributed by atoms with E-state index in [-0.39, 0.29) is 0 Å². The number of benzene rings is 1. The number of piperidine rings is 1. The monoisotopic (exact) mass is 437 g/mol. The Balaban J connectivity index is 1.37. The second-order valence-corrected chi connectivity index (χ2v) is 9.54.